The van der Waals surface area contributed by atoms with E-state index in [0.29, 0.717) is 5.92 Å². The van der Waals surface area contributed by atoms with Crippen molar-refractivity contribution in [1.82, 2.24) is 0 Å². The summed E-state index contributed by atoms with van der Waals surface area (Å²) in [5.74, 6) is 0.158. The van der Waals surface area contributed by atoms with Crippen LogP contribution in [0, 0.1) is 50.2 Å². The van der Waals surface area contributed by atoms with E-state index in [4.69, 9.17) is 4.74 Å². The molecule has 3 N–H and O–H groups in total. The molecule has 36 heavy (non-hydrogen) atoms. The van der Waals surface area contributed by atoms with E-state index in [1.807, 2.05) is 0 Å². The summed E-state index contributed by atoms with van der Waals surface area (Å²) in [5, 5.41) is 32.3. The van der Waals surface area contributed by atoms with Crippen molar-refractivity contribution in [3.8, 4) is 0 Å². The summed E-state index contributed by atoms with van der Waals surface area (Å²) in [6.07, 6.45) is 9.76. The van der Waals surface area contributed by atoms with Gasteiger partial charge in [0.1, 0.15) is 0 Å². The molecule has 4 saturated carbocycles. The quantitative estimate of drug-likeness (QED) is 0.423. The van der Waals surface area contributed by atoms with Crippen molar-refractivity contribution >= 4 is 5.97 Å². The number of hydrogen-bond donors (Lipinski definition) is 3. The van der Waals surface area contributed by atoms with E-state index >= 15 is 0 Å². The highest BCUT2D eigenvalue weighted by molar-refractivity contribution is 5.76. The van der Waals surface area contributed by atoms with Crippen molar-refractivity contribution in [2.45, 2.75) is 112 Å². The number of rotatable bonds is 3. The molecule has 0 radical (unpaired) electrons. The fourth-order valence-corrected chi connectivity index (χ4v) is 11.0. The van der Waals surface area contributed by atoms with Gasteiger partial charge in [0.2, 0.25) is 0 Å². The molecule has 10 atom stereocenters. The van der Waals surface area contributed by atoms with E-state index < -0.39 is 22.9 Å². The first-order chi connectivity index (χ1) is 16.7. The van der Waals surface area contributed by atoms with Crippen LogP contribution in [0.15, 0.2) is 11.6 Å². The van der Waals surface area contributed by atoms with Crippen LogP contribution in [0.25, 0.3) is 0 Å². The number of aliphatic hydroxyl groups excluding tert-OH is 2. The summed E-state index contributed by atoms with van der Waals surface area (Å²) in [7, 11) is 1.69. The minimum atomic E-state index is -0.671. The topological polar surface area (TPSA) is 87.0 Å². The van der Waals surface area contributed by atoms with Crippen LogP contribution >= 0.6 is 0 Å². The first-order valence-electron chi connectivity index (χ1n) is 14.4. The first kappa shape index (κ1) is 26.7. The number of carbonyl (C=O) groups is 1. The SMILES string of the molecule is COC1CC2(C)C(CCC3(C)C2CC=C2C4CC(C)(C)CCC4(C(=O)O)CCC23C)C(C)(CO)C1O. The van der Waals surface area contributed by atoms with Crippen molar-refractivity contribution in [3.63, 3.8) is 0 Å². The number of methoxy groups -OCH3 is 1. The summed E-state index contributed by atoms with van der Waals surface area (Å²) in [4.78, 5) is 12.8. The van der Waals surface area contributed by atoms with E-state index in [0.717, 1.165) is 57.8 Å². The average Bonchev–Trinajstić information content (AvgIpc) is 2.81. The minimum Gasteiger partial charge on any atom is -0.481 e. The maximum Gasteiger partial charge on any atom is 0.310 e. The molecule has 5 aliphatic rings. The first-order valence-corrected chi connectivity index (χ1v) is 14.4. The molecule has 0 aromatic heterocycles. The Morgan fingerprint density at radius 1 is 1.00 bits per heavy atom. The van der Waals surface area contributed by atoms with Gasteiger partial charge in [-0.25, -0.2) is 0 Å². The van der Waals surface area contributed by atoms with E-state index in [2.05, 4.69) is 47.6 Å². The van der Waals surface area contributed by atoms with Crippen LogP contribution in [-0.2, 0) is 9.53 Å². The van der Waals surface area contributed by atoms with Crippen LogP contribution in [0.2, 0.25) is 0 Å². The van der Waals surface area contributed by atoms with Gasteiger partial charge in [0.05, 0.1) is 24.2 Å². The molecule has 4 fully saturated rings. The third-order valence-electron chi connectivity index (χ3n) is 13.4. The molecule has 5 aliphatic carbocycles. The third-order valence-corrected chi connectivity index (χ3v) is 13.4. The number of allylic oxidation sites excluding steroid dienone is 2. The van der Waals surface area contributed by atoms with Crippen LogP contribution < -0.4 is 0 Å². The van der Waals surface area contributed by atoms with Gasteiger partial charge in [0, 0.05) is 12.5 Å². The molecule has 5 heteroatoms. The Morgan fingerprint density at radius 3 is 2.28 bits per heavy atom. The van der Waals surface area contributed by atoms with Crippen molar-refractivity contribution in [1.29, 1.82) is 0 Å². The number of carboxylic acid groups (broad SMARTS) is 1. The Morgan fingerprint density at radius 2 is 1.67 bits per heavy atom. The molecule has 204 valence electrons. The van der Waals surface area contributed by atoms with Crippen molar-refractivity contribution in [2.24, 2.45) is 50.2 Å². The van der Waals surface area contributed by atoms with Crippen LogP contribution in [-0.4, -0.2) is 47.2 Å². The zero-order chi connectivity index (χ0) is 26.5. The second-order valence-corrected chi connectivity index (χ2v) is 15.3. The van der Waals surface area contributed by atoms with Crippen LogP contribution in [0.3, 0.4) is 0 Å². The van der Waals surface area contributed by atoms with Gasteiger partial charge in [-0.15, -0.1) is 0 Å². The van der Waals surface area contributed by atoms with Crippen molar-refractivity contribution < 1.29 is 24.9 Å². The van der Waals surface area contributed by atoms with Gasteiger partial charge in [0.25, 0.3) is 0 Å². The van der Waals surface area contributed by atoms with Gasteiger partial charge in [0.15, 0.2) is 0 Å². The van der Waals surface area contributed by atoms with Gasteiger partial charge in [-0.2, -0.15) is 0 Å². The number of carboxylic acids is 1. The molecule has 0 heterocycles. The molecule has 0 bridgehead atoms. The lowest BCUT2D eigenvalue weighted by Gasteiger charge is -2.71. The van der Waals surface area contributed by atoms with Crippen molar-refractivity contribution in [3.05, 3.63) is 11.6 Å². The lowest BCUT2D eigenvalue weighted by Crippen LogP contribution is -2.68. The molecule has 0 spiro atoms. The average molecular weight is 503 g/mol. The second kappa shape index (κ2) is 8.05. The van der Waals surface area contributed by atoms with E-state index in [9.17, 15) is 20.1 Å². The fraction of sp³-hybridized carbons (Fsp3) is 0.903. The van der Waals surface area contributed by atoms with E-state index in [-0.39, 0.29) is 46.2 Å². The molecule has 0 saturated heterocycles. The Balaban J connectivity index is 1.61. The molecule has 0 aromatic carbocycles. The Hall–Kier alpha value is -0.910. The summed E-state index contributed by atoms with van der Waals surface area (Å²) >= 11 is 0. The van der Waals surface area contributed by atoms with Crippen molar-refractivity contribution in [2.75, 3.05) is 13.7 Å². The van der Waals surface area contributed by atoms with Gasteiger partial charge < -0.3 is 20.1 Å². The molecule has 0 amide bonds. The number of aliphatic carboxylic acids is 1. The Kier molecular flexibility index (Phi) is 5.97. The highest BCUT2D eigenvalue weighted by atomic mass is 16.5. The lowest BCUT2D eigenvalue weighted by molar-refractivity contribution is -0.247. The van der Waals surface area contributed by atoms with Gasteiger partial charge in [-0.05, 0) is 97.2 Å². The Bertz CT molecular complexity index is 957. The molecule has 10 unspecified atom stereocenters. The third kappa shape index (κ3) is 3.14. The standard InChI is InChI=1S/C31H50O5/c1-26(2)12-14-31(25(34)35)15-13-29(5)19(20(31)16-26)8-9-23-27(3)17-21(36-7)24(33)28(4,18-32)22(27)10-11-30(23,29)6/h8,20-24,32-33H,9-18H2,1-7H3,(H,34,35). The maximum absolute atomic E-state index is 12.8. The predicted molar refractivity (Wildman–Crippen MR) is 140 cm³/mol. The number of ether oxygens (including phenoxy) is 1. The van der Waals surface area contributed by atoms with Gasteiger partial charge in [-0.1, -0.05) is 53.2 Å². The molecule has 0 aliphatic heterocycles. The van der Waals surface area contributed by atoms with E-state index in [1.54, 1.807) is 7.11 Å². The molecule has 0 aromatic rings. The lowest BCUT2D eigenvalue weighted by atomic mass is 9.33. The summed E-state index contributed by atoms with van der Waals surface area (Å²) in [6.45, 7) is 14.0. The van der Waals surface area contributed by atoms with Crippen LogP contribution in [0.5, 0.6) is 0 Å². The normalized spacial score (nSPS) is 53.8. The summed E-state index contributed by atoms with van der Waals surface area (Å²) < 4.78 is 5.85. The zero-order valence-corrected chi connectivity index (χ0v) is 23.7. The number of aliphatic hydroxyl groups is 2. The number of hydrogen-bond acceptors (Lipinski definition) is 4. The molecule has 5 rings (SSSR count). The molecule has 5 nitrogen and oxygen atoms in total. The summed E-state index contributed by atoms with van der Waals surface area (Å²) in [6, 6.07) is 0. The largest absolute Gasteiger partial charge is 0.481 e. The molecular weight excluding hydrogens is 452 g/mol. The highest BCUT2D eigenvalue weighted by Crippen LogP contribution is 2.75. The summed E-state index contributed by atoms with van der Waals surface area (Å²) in [5.41, 5.74) is 0.352. The smallest absolute Gasteiger partial charge is 0.310 e. The zero-order valence-electron chi connectivity index (χ0n) is 23.7. The Labute approximate surface area is 218 Å². The van der Waals surface area contributed by atoms with E-state index in [1.165, 1.54) is 5.57 Å². The number of fused-ring (bicyclic) bond motifs is 7. The van der Waals surface area contributed by atoms with Gasteiger partial charge >= 0.3 is 5.97 Å². The highest BCUT2D eigenvalue weighted by Gasteiger charge is 2.70. The monoisotopic (exact) mass is 502 g/mol. The maximum atomic E-state index is 12.8. The fourth-order valence-electron chi connectivity index (χ4n) is 11.0. The van der Waals surface area contributed by atoms with Crippen LogP contribution in [0.1, 0.15) is 99.3 Å². The van der Waals surface area contributed by atoms with Gasteiger partial charge in [-0.3, -0.25) is 4.79 Å². The second-order valence-electron chi connectivity index (χ2n) is 15.3. The predicted octanol–water partition coefficient (Wildman–Crippen LogP) is 5.83. The minimum absolute atomic E-state index is 0.0326. The van der Waals surface area contributed by atoms with Crippen LogP contribution in [0.4, 0.5) is 0 Å². The molecular formula is C31H50O5.